The third-order valence-electron chi connectivity index (χ3n) is 0.618. The minimum absolute atomic E-state index is 0. The van der Waals surface area contributed by atoms with E-state index in [4.69, 9.17) is 11.5 Å². The zero-order valence-corrected chi connectivity index (χ0v) is 5.89. The standard InChI is InChI=1S/C4H8N2O2.H2S/c5-3(7)1-2-4(6)8;/h1-2H2,(H2,5,7)(H2,6,8);1H2. The van der Waals surface area contributed by atoms with Gasteiger partial charge in [-0.25, -0.2) is 0 Å². The molecule has 0 bridgehead atoms. The summed E-state index contributed by atoms with van der Waals surface area (Å²) in [6.07, 6.45) is 0.102. The largest absolute Gasteiger partial charge is 0.370 e. The van der Waals surface area contributed by atoms with Crippen molar-refractivity contribution in [2.45, 2.75) is 12.8 Å². The second kappa shape index (κ2) is 5.43. The lowest BCUT2D eigenvalue weighted by atomic mass is 10.3. The molecule has 0 aromatic carbocycles. The van der Waals surface area contributed by atoms with Crippen LogP contribution in [0.15, 0.2) is 0 Å². The molecule has 4 nitrogen and oxygen atoms in total. The van der Waals surface area contributed by atoms with Crippen LogP contribution in [-0.4, -0.2) is 11.8 Å². The Bertz CT molecular complexity index is 101. The van der Waals surface area contributed by atoms with Crippen molar-refractivity contribution >= 4 is 25.3 Å². The van der Waals surface area contributed by atoms with Gasteiger partial charge in [-0.3, -0.25) is 9.59 Å². The normalized spacial score (nSPS) is 7.56. The molecule has 0 aliphatic heterocycles. The van der Waals surface area contributed by atoms with Gasteiger partial charge < -0.3 is 11.5 Å². The van der Waals surface area contributed by atoms with E-state index in [-0.39, 0.29) is 26.3 Å². The van der Waals surface area contributed by atoms with E-state index in [1.807, 2.05) is 0 Å². The Morgan fingerprint density at radius 2 is 1.22 bits per heavy atom. The third-order valence-corrected chi connectivity index (χ3v) is 0.618. The van der Waals surface area contributed by atoms with E-state index in [2.05, 4.69) is 0 Å². The zero-order valence-electron chi connectivity index (χ0n) is 4.89. The van der Waals surface area contributed by atoms with E-state index in [0.717, 1.165) is 0 Å². The van der Waals surface area contributed by atoms with Crippen molar-refractivity contribution in [2.24, 2.45) is 11.5 Å². The monoisotopic (exact) mass is 150 g/mol. The summed E-state index contributed by atoms with van der Waals surface area (Å²) in [5.41, 5.74) is 9.39. The SMILES string of the molecule is NC(=O)CCC(N)=O.S. The molecule has 9 heavy (non-hydrogen) atoms. The Labute approximate surface area is 60.0 Å². The number of amides is 2. The van der Waals surface area contributed by atoms with Gasteiger partial charge in [-0.1, -0.05) is 0 Å². The van der Waals surface area contributed by atoms with Crippen molar-refractivity contribution in [1.82, 2.24) is 0 Å². The maximum absolute atomic E-state index is 9.92. The minimum atomic E-state index is -0.496. The fourth-order valence-electron chi connectivity index (χ4n) is 0.246. The van der Waals surface area contributed by atoms with Gasteiger partial charge in [0.1, 0.15) is 0 Å². The van der Waals surface area contributed by atoms with Gasteiger partial charge in [0, 0.05) is 12.8 Å². The number of primary amides is 2. The number of carbonyl (C=O) groups excluding carboxylic acids is 2. The highest BCUT2D eigenvalue weighted by Crippen LogP contribution is 1.82. The summed E-state index contributed by atoms with van der Waals surface area (Å²) in [7, 11) is 0. The van der Waals surface area contributed by atoms with Crippen LogP contribution in [0.4, 0.5) is 0 Å². The number of hydrogen-bond acceptors (Lipinski definition) is 2. The minimum Gasteiger partial charge on any atom is -0.370 e. The maximum Gasteiger partial charge on any atom is 0.217 e. The molecule has 0 spiro atoms. The molecule has 5 heteroatoms. The first kappa shape index (κ1) is 11.1. The van der Waals surface area contributed by atoms with Gasteiger partial charge >= 0.3 is 0 Å². The van der Waals surface area contributed by atoms with Crippen LogP contribution in [0.5, 0.6) is 0 Å². The van der Waals surface area contributed by atoms with Gasteiger partial charge in [0.15, 0.2) is 0 Å². The molecule has 54 valence electrons. The lowest BCUT2D eigenvalue weighted by molar-refractivity contribution is -0.123. The van der Waals surface area contributed by atoms with E-state index in [1.54, 1.807) is 0 Å². The smallest absolute Gasteiger partial charge is 0.217 e. The number of hydrogen-bond donors (Lipinski definition) is 2. The van der Waals surface area contributed by atoms with Gasteiger partial charge in [-0.2, -0.15) is 13.5 Å². The molecule has 2 amide bonds. The Morgan fingerprint density at radius 3 is 1.33 bits per heavy atom. The summed E-state index contributed by atoms with van der Waals surface area (Å²) >= 11 is 0. The highest BCUT2D eigenvalue weighted by atomic mass is 32.1. The summed E-state index contributed by atoms with van der Waals surface area (Å²) < 4.78 is 0. The Balaban J connectivity index is 0. The average molecular weight is 150 g/mol. The van der Waals surface area contributed by atoms with Crippen LogP contribution < -0.4 is 11.5 Å². The van der Waals surface area contributed by atoms with Crippen LogP contribution >= 0.6 is 13.5 Å². The van der Waals surface area contributed by atoms with Crippen molar-refractivity contribution in [1.29, 1.82) is 0 Å². The molecule has 0 saturated carbocycles. The highest BCUT2D eigenvalue weighted by Gasteiger charge is 1.96. The highest BCUT2D eigenvalue weighted by molar-refractivity contribution is 7.59. The van der Waals surface area contributed by atoms with Gasteiger partial charge in [-0.05, 0) is 0 Å². The van der Waals surface area contributed by atoms with E-state index >= 15 is 0 Å². The molecule has 0 heterocycles. The van der Waals surface area contributed by atoms with Crippen molar-refractivity contribution in [3.8, 4) is 0 Å². The molecule has 0 saturated heterocycles. The molecule has 0 unspecified atom stereocenters. The summed E-state index contributed by atoms with van der Waals surface area (Å²) in [5, 5.41) is 0. The van der Waals surface area contributed by atoms with Gasteiger partial charge in [0.05, 0.1) is 0 Å². The first-order chi connectivity index (χ1) is 3.63. The zero-order chi connectivity index (χ0) is 6.57. The van der Waals surface area contributed by atoms with Crippen LogP contribution in [0.2, 0.25) is 0 Å². The summed E-state index contributed by atoms with van der Waals surface area (Å²) in [4.78, 5) is 19.8. The second-order valence-corrected chi connectivity index (χ2v) is 1.43. The molecule has 0 fully saturated rings. The Morgan fingerprint density at radius 1 is 1.00 bits per heavy atom. The molecule has 0 aliphatic rings. The predicted octanol–water partition coefficient (Wildman–Crippen LogP) is -1.15. The van der Waals surface area contributed by atoms with Crippen LogP contribution in [0.25, 0.3) is 0 Å². The summed E-state index contributed by atoms with van der Waals surface area (Å²) in [6, 6.07) is 0. The van der Waals surface area contributed by atoms with E-state index in [0.29, 0.717) is 0 Å². The first-order valence-electron chi connectivity index (χ1n) is 2.19. The lowest BCUT2D eigenvalue weighted by Crippen LogP contribution is -2.16. The predicted molar refractivity (Wildman–Crippen MR) is 38.0 cm³/mol. The average Bonchev–Trinajstić information content (AvgIpc) is 1.61. The summed E-state index contributed by atoms with van der Waals surface area (Å²) in [6.45, 7) is 0. The molecule has 0 aromatic rings. The van der Waals surface area contributed by atoms with E-state index < -0.39 is 11.8 Å². The number of rotatable bonds is 3. The molecule has 4 N–H and O–H groups in total. The molecular formula is C4H10N2O2S. The first-order valence-corrected chi connectivity index (χ1v) is 2.19. The van der Waals surface area contributed by atoms with E-state index in [1.165, 1.54) is 0 Å². The third kappa shape index (κ3) is 11.1. The van der Waals surface area contributed by atoms with Crippen molar-refractivity contribution < 1.29 is 9.59 Å². The molecule has 0 aliphatic carbocycles. The van der Waals surface area contributed by atoms with Crippen LogP contribution in [0.1, 0.15) is 12.8 Å². The molecule has 0 aromatic heterocycles. The fourth-order valence-corrected chi connectivity index (χ4v) is 0.246. The molecular weight excluding hydrogens is 140 g/mol. The topological polar surface area (TPSA) is 86.2 Å². The lowest BCUT2D eigenvalue weighted by Gasteiger charge is -1.87. The fraction of sp³-hybridized carbons (Fsp3) is 0.500. The van der Waals surface area contributed by atoms with Crippen molar-refractivity contribution in [3.05, 3.63) is 0 Å². The molecule has 0 rings (SSSR count). The van der Waals surface area contributed by atoms with Crippen LogP contribution in [0.3, 0.4) is 0 Å². The molecule has 0 atom stereocenters. The quantitative estimate of drug-likeness (QED) is 0.532. The van der Waals surface area contributed by atoms with Gasteiger partial charge in [-0.15, -0.1) is 0 Å². The Kier molecular flexibility index (Phi) is 6.71. The second-order valence-electron chi connectivity index (χ2n) is 1.43. The van der Waals surface area contributed by atoms with E-state index in [9.17, 15) is 9.59 Å². The van der Waals surface area contributed by atoms with Crippen LogP contribution in [-0.2, 0) is 9.59 Å². The summed E-state index contributed by atoms with van der Waals surface area (Å²) in [5.74, 6) is -0.993. The van der Waals surface area contributed by atoms with Crippen molar-refractivity contribution in [3.63, 3.8) is 0 Å². The van der Waals surface area contributed by atoms with Gasteiger partial charge in [0.25, 0.3) is 0 Å². The van der Waals surface area contributed by atoms with Gasteiger partial charge in [0.2, 0.25) is 11.8 Å². The maximum atomic E-state index is 9.92. The molecule has 0 radical (unpaired) electrons. The van der Waals surface area contributed by atoms with Crippen LogP contribution in [0, 0.1) is 0 Å². The Hall–Kier alpha value is -0.710. The number of nitrogens with two attached hydrogens (primary N) is 2. The van der Waals surface area contributed by atoms with Crippen molar-refractivity contribution in [2.75, 3.05) is 0 Å². The number of carbonyl (C=O) groups is 2.